The van der Waals surface area contributed by atoms with Crippen LogP contribution in [0.25, 0.3) is 15.3 Å². The number of rotatable bonds is 8. The lowest BCUT2D eigenvalue weighted by Gasteiger charge is -2.09. The quantitative estimate of drug-likeness (QED) is 0.383. The number of anilines is 1. The number of unbranched alkanes of at least 4 members (excludes halogenated alkanes) is 1. The fourth-order valence-corrected chi connectivity index (χ4v) is 4.05. The van der Waals surface area contributed by atoms with Crippen molar-refractivity contribution >= 4 is 33.3 Å². The van der Waals surface area contributed by atoms with Crippen molar-refractivity contribution in [1.29, 1.82) is 0 Å². The van der Waals surface area contributed by atoms with E-state index in [9.17, 15) is 4.79 Å². The predicted molar refractivity (Wildman–Crippen MR) is 123 cm³/mol. The predicted octanol–water partition coefficient (Wildman–Crippen LogP) is 5.23. The lowest BCUT2D eigenvalue weighted by Crippen LogP contribution is -2.15. The highest BCUT2D eigenvalue weighted by Gasteiger charge is 2.16. The van der Waals surface area contributed by atoms with Crippen LogP contribution in [-0.2, 0) is 0 Å². The molecule has 0 spiro atoms. The van der Waals surface area contributed by atoms with Crippen LogP contribution in [0.1, 0.15) is 35.8 Å². The van der Waals surface area contributed by atoms with Crippen LogP contribution in [0.3, 0.4) is 0 Å². The molecule has 4 rings (SSSR count). The van der Waals surface area contributed by atoms with Gasteiger partial charge in [-0.15, -0.1) is 0 Å². The van der Waals surface area contributed by atoms with Crippen LogP contribution < -0.4 is 14.8 Å². The van der Waals surface area contributed by atoms with Gasteiger partial charge in [0.05, 0.1) is 29.6 Å². The van der Waals surface area contributed by atoms with Crippen molar-refractivity contribution in [2.24, 2.45) is 0 Å². The Kier molecular flexibility index (Phi) is 6.18. The molecule has 2 heterocycles. The maximum Gasteiger partial charge on any atom is 0.256 e. The van der Waals surface area contributed by atoms with Crippen molar-refractivity contribution in [2.75, 3.05) is 19.0 Å². The fourth-order valence-electron chi connectivity index (χ4n) is 3.09. The number of methoxy groups -OCH3 is 1. The molecule has 0 fully saturated rings. The van der Waals surface area contributed by atoms with E-state index < -0.39 is 0 Å². The van der Waals surface area contributed by atoms with E-state index in [1.807, 2.05) is 43.3 Å². The first-order chi connectivity index (χ1) is 15.1. The smallest absolute Gasteiger partial charge is 0.256 e. The number of nitrogens with one attached hydrogen (secondary N) is 1. The Labute approximate surface area is 184 Å². The van der Waals surface area contributed by atoms with Gasteiger partial charge in [-0.1, -0.05) is 30.7 Å². The number of fused-ring (bicyclic) bond motifs is 1. The molecule has 160 valence electrons. The molecule has 0 saturated heterocycles. The number of nitrogens with zero attached hydrogens (tertiary/aromatic N) is 3. The summed E-state index contributed by atoms with van der Waals surface area (Å²) in [5.74, 6) is 1.79. The number of hydrogen-bond donors (Lipinski definition) is 1. The number of aromatic nitrogens is 3. The van der Waals surface area contributed by atoms with Crippen molar-refractivity contribution in [2.45, 2.75) is 26.7 Å². The Balaban J connectivity index is 1.58. The lowest BCUT2D eigenvalue weighted by molar-refractivity contribution is 0.102. The number of aryl methyl sites for hydroxylation is 1. The lowest BCUT2D eigenvalue weighted by atomic mass is 10.2. The number of carbonyl (C=O) groups is 1. The van der Waals surface area contributed by atoms with Gasteiger partial charge in [0.2, 0.25) is 5.13 Å². The monoisotopic (exact) mass is 436 g/mol. The summed E-state index contributed by atoms with van der Waals surface area (Å²) in [6, 6.07) is 14.7. The van der Waals surface area contributed by atoms with E-state index in [-0.39, 0.29) is 5.91 Å². The zero-order valence-corrected chi connectivity index (χ0v) is 18.5. The Morgan fingerprint density at radius 3 is 2.84 bits per heavy atom. The molecule has 0 radical (unpaired) electrons. The van der Waals surface area contributed by atoms with Crippen LogP contribution in [-0.4, -0.2) is 34.4 Å². The largest absolute Gasteiger partial charge is 0.497 e. The van der Waals surface area contributed by atoms with E-state index in [0.29, 0.717) is 28.9 Å². The van der Waals surface area contributed by atoms with Crippen LogP contribution in [0.15, 0.2) is 48.5 Å². The van der Waals surface area contributed by atoms with Crippen molar-refractivity contribution in [3.8, 4) is 16.6 Å². The van der Waals surface area contributed by atoms with Gasteiger partial charge in [0.25, 0.3) is 5.91 Å². The second-order valence-electron chi connectivity index (χ2n) is 7.10. The Morgan fingerprint density at radius 1 is 1.16 bits per heavy atom. The summed E-state index contributed by atoms with van der Waals surface area (Å²) in [4.78, 5) is 17.6. The standard InChI is InChI=1S/C23H24N4O3S/c1-4-5-11-30-18-8-6-7-16(13-18)22(28)25-21-12-15(2)26-27(21)23-24-19-10-9-17(29-3)14-20(19)31-23/h6-10,12-14H,4-5,11H2,1-3H3,(H,25,28). The summed E-state index contributed by atoms with van der Waals surface area (Å²) in [6.45, 7) is 4.63. The molecule has 8 heteroatoms. The van der Waals surface area contributed by atoms with E-state index >= 15 is 0 Å². The van der Waals surface area contributed by atoms with Gasteiger partial charge in [0.1, 0.15) is 17.3 Å². The van der Waals surface area contributed by atoms with Crippen molar-refractivity contribution in [3.63, 3.8) is 0 Å². The Hall–Kier alpha value is -3.39. The highest BCUT2D eigenvalue weighted by molar-refractivity contribution is 7.20. The van der Waals surface area contributed by atoms with Crippen LogP contribution in [0.5, 0.6) is 11.5 Å². The third-order valence-electron chi connectivity index (χ3n) is 4.70. The third kappa shape index (κ3) is 4.69. The molecule has 31 heavy (non-hydrogen) atoms. The van der Waals surface area contributed by atoms with E-state index in [4.69, 9.17) is 9.47 Å². The molecule has 1 amide bonds. The minimum atomic E-state index is -0.232. The molecular weight excluding hydrogens is 412 g/mol. The summed E-state index contributed by atoms with van der Waals surface area (Å²) < 4.78 is 13.7. The number of amides is 1. The van der Waals surface area contributed by atoms with Gasteiger partial charge in [-0.2, -0.15) is 9.78 Å². The zero-order valence-electron chi connectivity index (χ0n) is 17.7. The first-order valence-corrected chi connectivity index (χ1v) is 10.9. The highest BCUT2D eigenvalue weighted by atomic mass is 32.1. The maximum absolute atomic E-state index is 12.9. The summed E-state index contributed by atoms with van der Waals surface area (Å²) in [7, 11) is 1.64. The molecule has 0 unspecified atom stereocenters. The van der Waals surface area contributed by atoms with Gasteiger partial charge in [-0.25, -0.2) is 4.98 Å². The molecule has 0 atom stereocenters. The van der Waals surface area contributed by atoms with Gasteiger partial charge in [0, 0.05) is 11.6 Å². The van der Waals surface area contributed by atoms with Gasteiger partial charge in [0.15, 0.2) is 0 Å². The molecule has 0 aliphatic rings. The topological polar surface area (TPSA) is 78.3 Å². The molecule has 0 aliphatic heterocycles. The van der Waals surface area contributed by atoms with Crippen molar-refractivity contribution in [1.82, 2.24) is 14.8 Å². The first kappa shape index (κ1) is 20.9. The minimum absolute atomic E-state index is 0.232. The SMILES string of the molecule is CCCCOc1cccc(C(=O)Nc2cc(C)nn2-c2nc3ccc(OC)cc3s2)c1. The average Bonchev–Trinajstić information content (AvgIpc) is 3.36. The summed E-state index contributed by atoms with van der Waals surface area (Å²) in [5, 5.41) is 8.15. The molecule has 0 bridgehead atoms. The van der Waals surface area contributed by atoms with E-state index in [1.165, 1.54) is 11.3 Å². The molecule has 2 aromatic carbocycles. The van der Waals surface area contributed by atoms with E-state index in [2.05, 4.69) is 22.3 Å². The third-order valence-corrected chi connectivity index (χ3v) is 5.70. The summed E-state index contributed by atoms with van der Waals surface area (Å²) >= 11 is 1.48. The van der Waals surface area contributed by atoms with Gasteiger partial charge in [-0.05, 0) is 49.7 Å². The highest BCUT2D eigenvalue weighted by Crippen LogP contribution is 2.30. The second kappa shape index (κ2) is 9.18. The van der Waals surface area contributed by atoms with Crippen LogP contribution >= 0.6 is 11.3 Å². The number of carbonyl (C=O) groups excluding carboxylic acids is 1. The first-order valence-electron chi connectivity index (χ1n) is 10.1. The van der Waals surface area contributed by atoms with Crippen molar-refractivity contribution in [3.05, 3.63) is 59.8 Å². The average molecular weight is 437 g/mol. The molecule has 0 aliphatic carbocycles. The Morgan fingerprint density at radius 2 is 2.03 bits per heavy atom. The zero-order chi connectivity index (χ0) is 21.8. The van der Waals surface area contributed by atoms with Gasteiger partial charge in [-0.3, -0.25) is 4.79 Å². The molecule has 7 nitrogen and oxygen atoms in total. The van der Waals surface area contributed by atoms with Crippen molar-refractivity contribution < 1.29 is 14.3 Å². The van der Waals surface area contributed by atoms with Gasteiger partial charge < -0.3 is 14.8 Å². The van der Waals surface area contributed by atoms with E-state index in [1.54, 1.807) is 23.9 Å². The molecule has 0 saturated carbocycles. The molecule has 2 aromatic heterocycles. The normalized spacial score (nSPS) is 10.9. The van der Waals surface area contributed by atoms with E-state index in [0.717, 1.165) is 34.5 Å². The summed E-state index contributed by atoms with van der Waals surface area (Å²) in [5.41, 5.74) is 2.15. The molecule has 4 aromatic rings. The molecular formula is C23H24N4O3S. The fraction of sp³-hybridized carbons (Fsp3) is 0.261. The summed E-state index contributed by atoms with van der Waals surface area (Å²) in [6.07, 6.45) is 2.03. The van der Waals surface area contributed by atoms with Crippen LogP contribution in [0.2, 0.25) is 0 Å². The molecule has 1 N–H and O–H groups in total. The second-order valence-corrected chi connectivity index (χ2v) is 8.11. The minimum Gasteiger partial charge on any atom is -0.497 e. The number of benzene rings is 2. The number of thiazole rings is 1. The number of ether oxygens (including phenoxy) is 2. The van der Waals surface area contributed by atoms with Gasteiger partial charge >= 0.3 is 0 Å². The maximum atomic E-state index is 12.9. The van der Waals surface area contributed by atoms with Crippen LogP contribution in [0.4, 0.5) is 5.82 Å². The Bertz CT molecular complexity index is 1210. The number of hydrogen-bond acceptors (Lipinski definition) is 6. The van der Waals surface area contributed by atoms with Crippen LogP contribution in [0, 0.1) is 6.92 Å².